The third-order valence-corrected chi connectivity index (χ3v) is 3.40. The minimum Gasteiger partial charge on any atom is -0.347 e. The molecule has 0 radical (unpaired) electrons. The second kappa shape index (κ2) is 5.32. The van der Waals surface area contributed by atoms with E-state index < -0.39 is 17.6 Å². The summed E-state index contributed by atoms with van der Waals surface area (Å²) in [6, 6.07) is 6.81. The van der Waals surface area contributed by atoms with Gasteiger partial charge in [-0.15, -0.1) is 0 Å². The standard InChI is InChI=1S/C13H10BrF3N2O/c1-19-6-2-3-11(19)12(20)18-8-4-5-10(14)9(7-8)13(15,16)17/h2-7H,1H3,(H,18,20). The highest BCUT2D eigenvalue weighted by atomic mass is 79.9. The number of anilines is 1. The Labute approximate surface area is 121 Å². The third kappa shape index (κ3) is 3.04. The first-order chi connectivity index (χ1) is 9.29. The van der Waals surface area contributed by atoms with Gasteiger partial charge in [-0.05, 0) is 30.3 Å². The molecule has 0 saturated heterocycles. The Kier molecular flexibility index (Phi) is 3.89. The van der Waals surface area contributed by atoms with Gasteiger partial charge in [-0.25, -0.2) is 0 Å². The summed E-state index contributed by atoms with van der Waals surface area (Å²) in [5.74, 6) is -0.465. The predicted octanol–water partition coefficient (Wildman–Crippen LogP) is 4.06. The van der Waals surface area contributed by atoms with Gasteiger partial charge in [0.2, 0.25) is 0 Å². The van der Waals surface area contributed by atoms with Gasteiger partial charge in [0.05, 0.1) is 5.56 Å². The second-order valence-electron chi connectivity index (χ2n) is 4.15. The van der Waals surface area contributed by atoms with Crippen molar-refractivity contribution in [2.24, 2.45) is 7.05 Å². The maximum absolute atomic E-state index is 12.8. The highest BCUT2D eigenvalue weighted by molar-refractivity contribution is 9.10. The van der Waals surface area contributed by atoms with Crippen molar-refractivity contribution < 1.29 is 18.0 Å². The van der Waals surface area contributed by atoms with E-state index in [0.717, 1.165) is 6.07 Å². The lowest BCUT2D eigenvalue weighted by Gasteiger charge is -2.12. The van der Waals surface area contributed by atoms with Crippen LogP contribution >= 0.6 is 15.9 Å². The summed E-state index contributed by atoms with van der Waals surface area (Å²) >= 11 is 2.85. The fourth-order valence-electron chi connectivity index (χ4n) is 1.71. The van der Waals surface area contributed by atoms with Crippen LogP contribution in [0.3, 0.4) is 0 Å². The second-order valence-corrected chi connectivity index (χ2v) is 5.01. The van der Waals surface area contributed by atoms with Crippen LogP contribution in [0.25, 0.3) is 0 Å². The Morgan fingerprint density at radius 1 is 1.30 bits per heavy atom. The first kappa shape index (κ1) is 14.6. The minimum absolute atomic E-state index is 0.0677. The molecular formula is C13H10BrF3N2O. The Morgan fingerprint density at radius 3 is 2.55 bits per heavy atom. The molecule has 0 atom stereocenters. The molecule has 1 heterocycles. The summed E-state index contributed by atoms with van der Waals surface area (Å²) in [5.41, 5.74) is -0.379. The maximum atomic E-state index is 12.8. The average Bonchev–Trinajstić information content (AvgIpc) is 2.76. The van der Waals surface area contributed by atoms with Gasteiger partial charge in [-0.3, -0.25) is 4.79 Å². The van der Waals surface area contributed by atoms with E-state index in [9.17, 15) is 18.0 Å². The molecule has 1 aromatic heterocycles. The first-order valence-electron chi connectivity index (χ1n) is 5.58. The quantitative estimate of drug-likeness (QED) is 0.874. The van der Waals surface area contributed by atoms with E-state index >= 15 is 0 Å². The molecule has 0 saturated carbocycles. The van der Waals surface area contributed by atoms with Gasteiger partial charge in [0, 0.05) is 23.4 Å². The molecule has 3 nitrogen and oxygen atoms in total. The van der Waals surface area contributed by atoms with Gasteiger partial charge in [-0.2, -0.15) is 13.2 Å². The summed E-state index contributed by atoms with van der Waals surface area (Å²) in [7, 11) is 1.68. The Hall–Kier alpha value is -1.76. The van der Waals surface area contributed by atoms with Crippen molar-refractivity contribution in [3.05, 3.63) is 52.3 Å². The number of amides is 1. The Bertz CT molecular complexity index is 649. The molecule has 0 aliphatic carbocycles. The van der Waals surface area contributed by atoms with Crippen molar-refractivity contribution >= 4 is 27.5 Å². The fourth-order valence-corrected chi connectivity index (χ4v) is 2.18. The zero-order valence-electron chi connectivity index (χ0n) is 10.3. The largest absolute Gasteiger partial charge is 0.417 e. The summed E-state index contributed by atoms with van der Waals surface area (Å²) < 4.78 is 39.8. The number of alkyl halides is 3. The van der Waals surface area contributed by atoms with Crippen LogP contribution in [0.15, 0.2) is 41.0 Å². The molecule has 0 aliphatic heterocycles. The summed E-state index contributed by atoms with van der Waals surface area (Å²) in [6.45, 7) is 0. The summed E-state index contributed by atoms with van der Waals surface area (Å²) in [5, 5.41) is 2.44. The van der Waals surface area contributed by atoms with Crippen molar-refractivity contribution in [3.8, 4) is 0 Å². The molecule has 7 heteroatoms. The van der Waals surface area contributed by atoms with E-state index in [1.165, 1.54) is 12.1 Å². The number of hydrogen-bond acceptors (Lipinski definition) is 1. The SMILES string of the molecule is Cn1cccc1C(=O)Nc1ccc(Br)c(C(F)(F)F)c1. The van der Waals surface area contributed by atoms with Gasteiger partial charge >= 0.3 is 6.18 Å². The smallest absolute Gasteiger partial charge is 0.347 e. The molecule has 0 spiro atoms. The van der Waals surface area contributed by atoms with Crippen LogP contribution in [-0.2, 0) is 13.2 Å². The van der Waals surface area contributed by atoms with Crippen LogP contribution in [0.5, 0.6) is 0 Å². The van der Waals surface area contributed by atoms with Crippen LogP contribution in [-0.4, -0.2) is 10.5 Å². The molecule has 2 aromatic rings. The number of nitrogens with zero attached hydrogens (tertiary/aromatic N) is 1. The molecule has 2 rings (SSSR count). The van der Waals surface area contributed by atoms with Gasteiger partial charge in [0.25, 0.3) is 5.91 Å². The summed E-state index contributed by atoms with van der Waals surface area (Å²) in [4.78, 5) is 11.9. The maximum Gasteiger partial charge on any atom is 0.417 e. The highest BCUT2D eigenvalue weighted by Gasteiger charge is 2.33. The van der Waals surface area contributed by atoms with Crippen LogP contribution in [0.4, 0.5) is 18.9 Å². The van der Waals surface area contributed by atoms with Crippen molar-refractivity contribution in [1.82, 2.24) is 4.57 Å². The van der Waals surface area contributed by atoms with Crippen LogP contribution in [0, 0.1) is 0 Å². The van der Waals surface area contributed by atoms with E-state index in [4.69, 9.17) is 0 Å². The van der Waals surface area contributed by atoms with Crippen LogP contribution in [0.1, 0.15) is 16.1 Å². The van der Waals surface area contributed by atoms with Gasteiger partial charge in [0.1, 0.15) is 5.69 Å². The first-order valence-corrected chi connectivity index (χ1v) is 6.38. The highest BCUT2D eigenvalue weighted by Crippen LogP contribution is 2.36. The number of aromatic nitrogens is 1. The fraction of sp³-hybridized carbons (Fsp3) is 0.154. The number of carbonyl (C=O) groups is 1. The molecule has 106 valence electrons. The lowest BCUT2D eigenvalue weighted by molar-refractivity contribution is -0.138. The van der Waals surface area contributed by atoms with Gasteiger partial charge < -0.3 is 9.88 Å². The number of nitrogens with one attached hydrogen (secondary N) is 1. The monoisotopic (exact) mass is 346 g/mol. The molecule has 20 heavy (non-hydrogen) atoms. The molecule has 1 N–H and O–H groups in total. The van der Waals surface area contributed by atoms with Gasteiger partial charge in [-0.1, -0.05) is 15.9 Å². The third-order valence-electron chi connectivity index (χ3n) is 2.71. The molecule has 1 amide bonds. The molecule has 0 fully saturated rings. The van der Waals surface area contributed by atoms with Crippen molar-refractivity contribution in [2.45, 2.75) is 6.18 Å². The van der Waals surface area contributed by atoms with Crippen LogP contribution in [0.2, 0.25) is 0 Å². The number of halogens is 4. The van der Waals surface area contributed by atoms with E-state index in [2.05, 4.69) is 21.2 Å². The Balaban J connectivity index is 2.27. The van der Waals surface area contributed by atoms with E-state index in [0.29, 0.717) is 5.69 Å². The van der Waals surface area contributed by atoms with Crippen molar-refractivity contribution in [1.29, 1.82) is 0 Å². The van der Waals surface area contributed by atoms with Crippen molar-refractivity contribution in [2.75, 3.05) is 5.32 Å². The minimum atomic E-state index is -4.48. The molecular weight excluding hydrogens is 337 g/mol. The van der Waals surface area contributed by atoms with E-state index in [1.807, 2.05) is 0 Å². The lowest BCUT2D eigenvalue weighted by atomic mass is 10.2. The number of rotatable bonds is 2. The number of aryl methyl sites for hydroxylation is 1. The summed E-state index contributed by atoms with van der Waals surface area (Å²) in [6.07, 6.45) is -2.80. The van der Waals surface area contributed by atoms with Gasteiger partial charge in [0.15, 0.2) is 0 Å². The number of hydrogen-bond donors (Lipinski definition) is 1. The normalized spacial score (nSPS) is 11.4. The molecule has 0 unspecified atom stereocenters. The molecule has 0 aliphatic rings. The Morgan fingerprint density at radius 2 is 2.00 bits per heavy atom. The van der Waals surface area contributed by atoms with Crippen molar-refractivity contribution in [3.63, 3.8) is 0 Å². The molecule has 0 bridgehead atoms. The topological polar surface area (TPSA) is 34.0 Å². The zero-order chi connectivity index (χ0) is 14.9. The average molecular weight is 347 g/mol. The lowest BCUT2D eigenvalue weighted by Crippen LogP contribution is -2.16. The molecule has 1 aromatic carbocycles. The predicted molar refractivity (Wildman–Crippen MR) is 72.5 cm³/mol. The number of benzene rings is 1. The van der Waals surface area contributed by atoms with E-state index in [1.54, 1.807) is 29.9 Å². The number of carbonyl (C=O) groups excluding carboxylic acids is 1. The van der Waals surface area contributed by atoms with Crippen LogP contribution < -0.4 is 5.32 Å². The van der Waals surface area contributed by atoms with E-state index in [-0.39, 0.29) is 10.2 Å². The zero-order valence-corrected chi connectivity index (χ0v) is 11.9.